The van der Waals surface area contributed by atoms with Crippen molar-refractivity contribution in [1.82, 2.24) is 4.31 Å². The Balaban J connectivity index is 1.80. The molecule has 5 nitrogen and oxygen atoms in total. The lowest BCUT2D eigenvalue weighted by molar-refractivity contribution is -0.136. The Labute approximate surface area is 177 Å². The maximum absolute atomic E-state index is 13.6. The molecule has 2 aliphatic rings. The Hall–Kier alpha value is -2.70. The fourth-order valence-corrected chi connectivity index (χ4v) is 6.07. The molecule has 0 bridgehead atoms. The van der Waals surface area contributed by atoms with Gasteiger partial charge in [0.1, 0.15) is 0 Å². The lowest BCUT2D eigenvalue weighted by Gasteiger charge is -2.29. The fraction of sp³-hybridized carbons (Fsp3) is 0.292. The smallest absolute Gasteiger partial charge is 0.334 e. The molecular weight excluding hydrogens is 398 g/mol. The van der Waals surface area contributed by atoms with Crippen molar-refractivity contribution in [3.63, 3.8) is 0 Å². The number of aryl methyl sites for hydroxylation is 1. The third kappa shape index (κ3) is 3.50. The SMILES string of the molecule is COC(=O)C1=C(C)C=C2CN(S(=O)(=O)c3ccc(C)cc3)[C@H](c3ccccc3)[C@@H]2C1. The molecule has 6 heteroatoms. The number of ether oxygens (including phenoxy) is 1. The highest BCUT2D eigenvalue weighted by atomic mass is 32.2. The number of hydrogen-bond donors (Lipinski definition) is 0. The molecule has 0 saturated carbocycles. The number of carbonyl (C=O) groups is 1. The molecule has 156 valence electrons. The van der Waals surface area contributed by atoms with Gasteiger partial charge in [-0.2, -0.15) is 4.31 Å². The van der Waals surface area contributed by atoms with Crippen LogP contribution < -0.4 is 0 Å². The Morgan fingerprint density at radius 3 is 2.33 bits per heavy atom. The first-order valence-electron chi connectivity index (χ1n) is 9.95. The van der Waals surface area contributed by atoms with Crippen LogP contribution in [-0.2, 0) is 19.6 Å². The normalized spacial score (nSPS) is 21.9. The summed E-state index contributed by atoms with van der Waals surface area (Å²) in [6.07, 6.45) is 2.42. The van der Waals surface area contributed by atoms with E-state index in [-0.39, 0.29) is 22.8 Å². The molecule has 1 fully saturated rings. The van der Waals surface area contributed by atoms with Crippen LogP contribution in [0.1, 0.15) is 30.5 Å². The predicted octanol–water partition coefficient (Wildman–Crippen LogP) is 4.18. The number of nitrogens with zero attached hydrogens (tertiary/aromatic N) is 1. The Morgan fingerprint density at radius 1 is 1.03 bits per heavy atom. The van der Waals surface area contributed by atoms with Crippen LogP contribution in [0.25, 0.3) is 0 Å². The molecule has 2 aromatic carbocycles. The van der Waals surface area contributed by atoms with Crippen LogP contribution in [0.2, 0.25) is 0 Å². The minimum Gasteiger partial charge on any atom is -0.466 e. The lowest BCUT2D eigenvalue weighted by Crippen LogP contribution is -2.32. The van der Waals surface area contributed by atoms with E-state index in [9.17, 15) is 13.2 Å². The standard InChI is InChI=1S/C24H25NO4S/c1-16-9-11-20(12-10-16)30(27,28)25-15-19-13-17(2)21(24(26)29-3)14-22(19)23(25)18-7-5-4-6-8-18/h4-13,22-23H,14-15H2,1-3H3/t22-,23-/m1/s1. The summed E-state index contributed by atoms with van der Waals surface area (Å²) in [7, 11) is -2.34. The van der Waals surface area contributed by atoms with E-state index in [0.717, 1.165) is 22.3 Å². The second-order valence-electron chi connectivity index (χ2n) is 7.90. The van der Waals surface area contributed by atoms with Crippen molar-refractivity contribution in [2.45, 2.75) is 31.2 Å². The molecule has 0 spiro atoms. The molecule has 0 unspecified atom stereocenters. The van der Waals surface area contributed by atoms with Crippen LogP contribution in [0, 0.1) is 12.8 Å². The van der Waals surface area contributed by atoms with E-state index in [0.29, 0.717) is 18.5 Å². The minimum atomic E-state index is -3.71. The van der Waals surface area contributed by atoms with Gasteiger partial charge in [-0.05, 0) is 49.1 Å². The third-order valence-electron chi connectivity index (χ3n) is 6.01. The lowest BCUT2D eigenvalue weighted by atomic mass is 9.80. The van der Waals surface area contributed by atoms with Gasteiger partial charge in [0.2, 0.25) is 10.0 Å². The molecular formula is C24H25NO4S. The number of esters is 1. The molecule has 30 heavy (non-hydrogen) atoms. The van der Waals surface area contributed by atoms with Crippen molar-refractivity contribution in [2.24, 2.45) is 5.92 Å². The van der Waals surface area contributed by atoms with Gasteiger partial charge in [0, 0.05) is 18.0 Å². The van der Waals surface area contributed by atoms with Gasteiger partial charge in [0.15, 0.2) is 0 Å². The monoisotopic (exact) mass is 423 g/mol. The van der Waals surface area contributed by atoms with Crippen LogP contribution in [0.5, 0.6) is 0 Å². The average molecular weight is 424 g/mol. The predicted molar refractivity (Wildman–Crippen MR) is 115 cm³/mol. The van der Waals surface area contributed by atoms with E-state index in [4.69, 9.17) is 4.74 Å². The van der Waals surface area contributed by atoms with E-state index >= 15 is 0 Å². The molecule has 1 aliphatic carbocycles. The van der Waals surface area contributed by atoms with Crippen molar-refractivity contribution in [3.8, 4) is 0 Å². The van der Waals surface area contributed by atoms with Gasteiger partial charge in [0.25, 0.3) is 0 Å². The van der Waals surface area contributed by atoms with Gasteiger partial charge in [-0.3, -0.25) is 0 Å². The fourth-order valence-electron chi connectivity index (χ4n) is 4.44. The second kappa shape index (κ2) is 7.85. The first kappa shape index (κ1) is 20.6. The Bertz CT molecular complexity index is 1130. The zero-order chi connectivity index (χ0) is 21.5. The molecule has 0 aromatic heterocycles. The summed E-state index contributed by atoms with van der Waals surface area (Å²) in [6.45, 7) is 4.12. The summed E-state index contributed by atoms with van der Waals surface area (Å²) in [4.78, 5) is 12.6. The number of methoxy groups -OCH3 is 1. The summed E-state index contributed by atoms with van der Waals surface area (Å²) >= 11 is 0. The van der Waals surface area contributed by atoms with Gasteiger partial charge >= 0.3 is 5.97 Å². The highest BCUT2D eigenvalue weighted by Gasteiger charge is 2.47. The largest absolute Gasteiger partial charge is 0.466 e. The number of fused-ring (bicyclic) bond motifs is 1. The van der Waals surface area contributed by atoms with Gasteiger partial charge in [-0.15, -0.1) is 0 Å². The molecule has 0 radical (unpaired) electrons. The molecule has 2 aromatic rings. The third-order valence-corrected chi connectivity index (χ3v) is 7.85. The van der Waals surface area contributed by atoms with Crippen LogP contribution in [0.4, 0.5) is 0 Å². The van der Waals surface area contributed by atoms with Crippen molar-refractivity contribution in [3.05, 3.63) is 88.5 Å². The highest BCUT2D eigenvalue weighted by molar-refractivity contribution is 7.89. The number of sulfonamides is 1. The zero-order valence-corrected chi connectivity index (χ0v) is 18.1. The zero-order valence-electron chi connectivity index (χ0n) is 17.3. The van der Waals surface area contributed by atoms with Crippen LogP contribution in [0.15, 0.2) is 82.3 Å². The number of allylic oxidation sites excluding steroid dienone is 2. The minimum absolute atomic E-state index is 0.106. The van der Waals surface area contributed by atoms with Gasteiger partial charge in [-0.25, -0.2) is 13.2 Å². The van der Waals surface area contributed by atoms with Crippen molar-refractivity contribution < 1.29 is 17.9 Å². The summed E-state index contributed by atoms with van der Waals surface area (Å²) in [5.74, 6) is -0.458. The molecule has 0 amide bonds. The van der Waals surface area contributed by atoms with Gasteiger partial charge in [-0.1, -0.05) is 54.1 Å². The molecule has 4 rings (SSSR count). The highest BCUT2D eigenvalue weighted by Crippen LogP contribution is 2.49. The van der Waals surface area contributed by atoms with Gasteiger partial charge in [0.05, 0.1) is 18.0 Å². The van der Waals surface area contributed by atoms with E-state index < -0.39 is 10.0 Å². The molecule has 1 heterocycles. The van der Waals surface area contributed by atoms with Crippen molar-refractivity contribution in [2.75, 3.05) is 13.7 Å². The summed E-state index contributed by atoms with van der Waals surface area (Å²) in [5, 5.41) is 0. The molecule has 1 saturated heterocycles. The molecule has 2 atom stereocenters. The first-order chi connectivity index (χ1) is 14.3. The maximum Gasteiger partial charge on any atom is 0.334 e. The number of carbonyl (C=O) groups excluding carboxylic acids is 1. The quantitative estimate of drug-likeness (QED) is 0.692. The van der Waals surface area contributed by atoms with E-state index in [2.05, 4.69) is 0 Å². The summed E-state index contributed by atoms with van der Waals surface area (Å²) < 4.78 is 33.8. The summed E-state index contributed by atoms with van der Waals surface area (Å²) in [6, 6.07) is 16.2. The van der Waals surface area contributed by atoms with E-state index in [1.165, 1.54) is 7.11 Å². The van der Waals surface area contributed by atoms with Crippen molar-refractivity contribution >= 4 is 16.0 Å². The molecule has 1 aliphatic heterocycles. The average Bonchev–Trinajstić information content (AvgIpc) is 3.12. The van der Waals surface area contributed by atoms with Crippen LogP contribution >= 0.6 is 0 Å². The van der Waals surface area contributed by atoms with E-state index in [1.54, 1.807) is 16.4 Å². The maximum atomic E-state index is 13.6. The van der Waals surface area contributed by atoms with E-state index in [1.807, 2.05) is 62.4 Å². The molecule has 0 N–H and O–H groups in total. The van der Waals surface area contributed by atoms with Crippen LogP contribution in [0.3, 0.4) is 0 Å². The van der Waals surface area contributed by atoms with Crippen LogP contribution in [-0.4, -0.2) is 32.3 Å². The summed E-state index contributed by atoms with van der Waals surface area (Å²) in [5.41, 5.74) is 4.42. The number of benzene rings is 2. The first-order valence-corrected chi connectivity index (χ1v) is 11.4. The topological polar surface area (TPSA) is 63.7 Å². The number of hydrogen-bond acceptors (Lipinski definition) is 4. The Morgan fingerprint density at radius 2 is 1.70 bits per heavy atom. The Kier molecular flexibility index (Phi) is 5.38. The number of rotatable bonds is 4. The second-order valence-corrected chi connectivity index (χ2v) is 9.79. The van der Waals surface area contributed by atoms with Crippen molar-refractivity contribution in [1.29, 1.82) is 0 Å². The van der Waals surface area contributed by atoms with Gasteiger partial charge < -0.3 is 4.74 Å².